The van der Waals surface area contributed by atoms with Crippen molar-refractivity contribution in [3.63, 3.8) is 0 Å². The number of carbonyl (C=O) groups is 3. The Morgan fingerprint density at radius 1 is 1.23 bits per heavy atom. The second kappa shape index (κ2) is 8.60. The number of cyclic esters (lactones) is 1. The summed E-state index contributed by atoms with van der Waals surface area (Å²) in [7, 11) is 0. The van der Waals surface area contributed by atoms with Crippen LogP contribution in [-0.4, -0.2) is 43.1 Å². The third-order valence-electron chi connectivity index (χ3n) is 4.39. The molecule has 1 aliphatic rings. The van der Waals surface area contributed by atoms with Crippen LogP contribution in [0.25, 0.3) is 11.1 Å². The molecule has 0 saturated carbocycles. The molecule has 1 aliphatic heterocycles. The highest BCUT2D eigenvalue weighted by Crippen LogP contribution is 2.29. The van der Waals surface area contributed by atoms with Crippen molar-refractivity contribution in [2.45, 2.75) is 13.0 Å². The molecule has 156 valence electrons. The number of halogens is 1. The number of rotatable bonds is 5. The number of carbonyl (C=O) groups excluding carboxylic acids is 3. The molecule has 2 aromatic carbocycles. The second-order valence-corrected chi connectivity index (χ2v) is 6.64. The fourth-order valence-corrected chi connectivity index (χ4v) is 2.98. The summed E-state index contributed by atoms with van der Waals surface area (Å²) in [6.45, 7) is 1.74. The summed E-state index contributed by atoms with van der Waals surface area (Å²) < 4.78 is 19.9. The lowest BCUT2D eigenvalue weighted by Crippen LogP contribution is -2.33. The number of ether oxygens (including phenoxy) is 1. The van der Waals surface area contributed by atoms with E-state index in [1.165, 1.54) is 36.1 Å². The van der Waals surface area contributed by atoms with Gasteiger partial charge < -0.3 is 21.5 Å². The number of amides is 3. The van der Waals surface area contributed by atoms with Crippen LogP contribution in [0.3, 0.4) is 0 Å². The van der Waals surface area contributed by atoms with Gasteiger partial charge >= 0.3 is 6.09 Å². The molecule has 5 N–H and O–H groups in total. The number of anilines is 1. The van der Waals surface area contributed by atoms with E-state index in [2.05, 4.69) is 10.3 Å². The number of nitrogens with two attached hydrogens (primary N) is 2. The van der Waals surface area contributed by atoms with Gasteiger partial charge in [-0.15, -0.1) is 0 Å². The molecule has 10 heteroatoms. The number of guanidine groups is 1. The molecular formula is C20H20FN5O4. The molecule has 2 aromatic rings. The predicted molar refractivity (Wildman–Crippen MR) is 108 cm³/mol. The highest BCUT2D eigenvalue weighted by molar-refractivity contribution is 6.02. The normalized spacial score (nSPS) is 15.5. The molecule has 1 saturated heterocycles. The number of aliphatic imine (C=N–C) groups is 1. The molecule has 0 aromatic heterocycles. The monoisotopic (exact) mass is 413 g/mol. The van der Waals surface area contributed by atoms with Crippen LogP contribution in [0.1, 0.15) is 17.3 Å². The van der Waals surface area contributed by atoms with Gasteiger partial charge in [0.05, 0.1) is 18.8 Å². The smallest absolute Gasteiger partial charge is 0.414 e. The summed E-state index contributed by atoms with van der Waals surface area (Å²) in [5.41, 5.74) is 11.8. The minimum atomic E-state index is -0.611. The van der Waals surface area contributed by atoms with Crippen LogP contribution in [0.4, 0.5) is 14.9 Å². The summed E-state index contributed by atoms with van der Waals surface area (Å²) in [6, 6.07) is 10.5. The lowest BCUT2D eigenvalue weighted by molar-refractivity contribution is -0.119. The first-order valence-corrected chi connectivity index (χ1v) is 9.01. The lowest BCUT2D eigenvalue weighted by Gasteiger charge is -2.14. The molecule has 0 spiro atoms. The van der Waals surface area contributed by atoms with Crippen LogP contribution >= 0.6 is 0 Å². The quantitative estimate of drug-likeness (QED) is 0.500. The molecular weight excluding hydrogens is 393 g/mol. The van der Waals surface area contributed by atoms with Crippen LogP contribution in [0, 0.1) is 5.82 Å². The maximum absolute atomic E-state index is 14.7. The van der Waals surface area contributed by atoms with E-state index in [-0.39, 0.29) is 30.5 Å². The summed E-state index contributed by atoms with van der Waals surface area (Å²) in [5, 5.41) is 2.58. The molecule has 1 atom stereocenters. The van der Waals surface area contributed by atoms with Crippen LogP contribution in [0.5, 0.6) is 0 Å². The Bertz CT molecular complexity index is 1020. The van der Waals surface area contributed by atoms with Crippen LogP contribution < -0.4 is 21.7 Å². The van der Waals surface area contributed by atoms with Gasteiger partial charge in [-0.3, -0.25) is 14.5 Å². The van der Waals surface area contributed by atoms with E-state index in [1.54, 1.807) is 18.2 Å². The fraction of sp³-hybridized carbons (Fsp3) is 0.200. The van der Waals surface area contributed by atoms with Crippen molar-refractivity contribution in [3.8, 4) is 11.1 Å². The van der Waals surface area contributed by atoms with E-state index in [9.17, 15) is 18.8 Å². The van der Waals surface area contributed by atoms with Gasteiger partial charge in [0.1, 0.15) is 11.9 Å². The molecule has 1 fully saturated rings. The Kier molecular flexibility index (Phi) is 5.95. The lowest BCUT2D eigenvalue weighted by atomic mass is 10.0. The van der Waals surface area contributed by atoms with Gasteiger partial charge in [0.15, 0.2) is 5.96 Å². The number of nitrogens with zero attached hydrogens (tertiary/aromatic N) is 2. The second-order valence-electron chi connectivity index (χ2n) is 6.64. The zero-order valence-corrected chi connectivity index (χ0v) is 16.1. The molecule has 0 bridgehead atoms. The number of nitrogens with one attached hydrogen (secondary N) is 1. The molecule has 0 unspecified atom stereocenters. The Balaban J connectivity index is 1.76. The van der Waals surface area contributed by atoms with E-state index in [4.69, 9.17) is 16.2 Å². The van der Waals surface area contributed by atoms with Gasteiger partial charge in [-0.05, 0) is 35.9 Å². The summed E-state index contributed by atoms with van der Waals surface area (Å²) in [5.74, 6) is -1.72. The Hall–Kier alpha value is -3.95. The SMILES string of the molecule is CC(=O)NC[C@H]1CN(c2ccc(-c3ccc(C(=O)N=C(N)N)cc3)c(F)c2)C(=O)O1. The number of benzene rings is 2. The van der Waals surface area contributed by atoms with Crippen LogP contribution in [-0.2, 0) is 9.53 Å². The van der Waals surface area contributed by atoms with E-state index in [0.717, 1.165) is 0 Å². The number of hydrogen-bond acceptors (Lipinski definition) is 4. The van der Waals surface area contributed by atoms with Gasteiger partial charge in [-0.1, -0.05) is 12.1 Å². The van der Waals surface area contributed by atoms with Crippen molar-refractivity contribution >= 4 is 29.6 Å². The first-order chi connectivity index (χ1) is 14.2. The third-order valence-corrected chi connectivity index (χ3v) is 4.39. The fourth-order valence-electron chi connectivity index (χ4n) is 2.98. The minimum Gasteiger partial charge on any atom is -0.442 e. The summed E-state index contributed by atoms with van der Waals surface area (Å²) >= 11 is 0. The standard InChI is InChI=1S/C20H20FN5O4/c1-11(27)24-9-15-10-26(20(29)30-15)14-6-7-16(17(21)8-14)12-2-4-13(5-3-12)18(28)25-19(22)23/h2-8,15H,9-10H2,1H3,(H,24,27)(H4,22,23,25,28)/t15-/m0/s1. The average Bonchev–Trinajstić information content (AvgIpc) is 3.06. The topological polar surface area (TPSA) is 140 Å². The van der Waals surface area contributed by atoms with E-state index < -0.39 is 23.9 Å². The first-order valence-electron chi connectivity index (χ1n) is 9.01. The third kappa shape index (κ3) is 4.72. The van der Waals surface area contributed by atoms with Gasteiger partial charge in [-0.2, -0.15) is 4.99 Å². The molecule has 0 aliphatic carbocycles. The molecule has 3 rings (SSSR count). The van der Waals surface area contributed by atoms with Crippen molar-refractivity contribution in [3.05, 3.63) is 53.8 Å². The minimum absolute atomic E-state index is 0.184. The van der Waals surface area contributed by atoms with Crippen molar-refractivity contribution in [2.75, 3.05) is 18.0 Å². The largest absolute Gasteiger partial charge is 0.442 e. The maximum Gasteiger partial charge on any atom is 0.414 e. The molecule has 30 heavy (non-hydrogen) atoms. The van der Waals surface area contributed by atoms with E-state index >= 15 is 0 Å². The molecule has 3 amide bonds. The summed E-state index contributed by atoms with van der Waals surface area (Å²) in [4.78, 5) is 39.6. The molecule has 1 heterocycles. The maximum atomic E-state index is 14.7. The van der Waals surface area contributed by atoms with Crippen molar-refractivity contribution in [1.82, 2.24) is 5.32 Å². The Morgan fingerprint density at radius 3 is 2.53 bits per heavy atom. The predicted octanol–water partition coefficient (Wildman–Crippen LogP) is 1.37. The zero-order chi connectivity index (χ0) is 21.8. The zero-order valence-electron chi connectivity index (χ0n) is 16.1. The average molecular weight is 413 g/mol. The van der Waals surface area contributed by atoms with E-state index in [0.29, 0.717) is 16.8 Å². The van der Waals surface area contributed by atoms with Gasteiger partial charge in [-0.25, -0.2) is 9.18 Å². The highest BCUT2D eigenvalue weighted by Gasteiger charge is 2.32. The first kappa shape index (κ1) is 20.8. The van der Waals surface area contributed by atoms with Crippen molar-refractivity contribution in [2.24, 2.45) is 16.5 Å². The number of hydrogen-bond donors (Lipinski definition) is 3. The Labute approximate surface area is 171 Å². The van der Waals surface area contributed by atoms with Gasteiger partial charge in [0, 0.05) is 18.1 Å². The molecule has 0 radical (unpaired) electrons. The highest BCUT2D eigenvalue weighted by atomic mass is 19.1. The Morgan fingerprint density at radius 2 is 1.93 bits per heavy atom. The van der Waals surface area contributed by atoms with Crippen LogP contribution in [0.2, 0.25) is 0 Å². The van der Waals surface area contributed by atoms with E-state index in [1.807, 2.05) is 0 Å². The van der Waals surface area contributed by atoms with Crippen molar-refractivity contribution in [1.29, 1.82) is 0 Å². The summed E-state index contributed by atoms with van der Waals surface area (Å²) in [6.07, 6.45) is -1.13. The molecule has 9 nitrogen and oxygen atoms in total. The van der Waals surface area contributed by atoms with Gasteiger partial charge in [0.2, 0.25) is 5.91 Å². The van der Waals surface area contributed by atoms with Gasteiger partial charge in [0.25, 0.3) is 5.91 Å². The van der Waals surface area contributed by atoms with Crippen molar-refractivity contribution < 1.29 is 23.5 Å². The van der Waals surface area contributed by atoms with Crippen LogP contribution in [0.15, 0.2) is 47.5 Å².